The number of hydrogen-bond donors (Lipinski definition) is 1. The van der Waals surface area contributed by atoms with E-state index in [9.17, 15) is 0 Å². The predicted molar refractivity (Wildman–Crippen MR) is 56.7 cm³/mol. The fourth-order valence-electron chi connectivity index (χ4n) is 0.997. The van der Waals surface area contributed by atoms with Gasteiger partial charge in [-0.3, -0.25) is 0 Å². The summed E-state index contributed by atoms with van der Waals surface area (Å²) in [6.45, 7) is 1.13. The topological polar surface area (TPSA) is 83.2 Å². The zero-order valence-electron chi connectivity index (χ0n) is 9.70. The summed E-state index contributed by atoms with van der Waals surface area (Å²) in [4.78, 5) is 0. The average molecular weight is 247 g/mol. The molecule has 1 heterocycles. The largest absolute Gasteiger partial charge is 0.467 e. The average Bonchev–Trinajstić information content (AvgIpc) is 2.85. The molecular formula is C10H17NO6. The van der Waals surface area contributed by atoms with Crippen LogP contribution in [0.3, 0.4) is 0 Å². The van der Waals surface area contributed by atoms with Crippen LogP contribution in [0.15, 0.2) is 16.9 Å². The molecule has 0 spiro atoms. The van der Waals surface area contributed by atoms with Crippen molar-refractivity contribution in [3.05, 3.63) is 12.3 Å². The van der Waals surface area contributed by atoms with Gasteiger partial charge in [-0.25, -0.2) is 0 Å². The summed E-state index contributed by atoms with van der Waals surface area (Å²) in [5.74, 6) is 0.313. The fourth-order valence-corrected chi connectivity index (χ4v) is 0.997. The van der Waals surface area contributed by atoms with Crippen LogP contribution in [0.5, 0.6) is 5.88 Å². The number of rotatable bonds is 10. The van der Waals surface area contributed by atoms with E-state index in [0.29, 0.717) is 19.1 Å². The van der Waals surface area contributed by atoms with Gasteiger partial charge in [0, 0.05) is 13.2 Å². The van der Waals surface area contributed by atoms with Crippen molar-refractivity contribution in [2.75, 3.05) is 40.3 Å². The summed E-state index contributed by atoms with van der Waals surface area (Å²) in [5, 5.41) is 12.6. The van der Waals surface area contributed by atoms with Crippen molar-refractivity contribution in [1.29, 1.82) is 0 Å². The van der Waals surface area contributed by atoms with Gasteiger partial charge in [-0.2, -0.15) is 0 Å². The van der Waals surface area contributed by atoms with E-state index in [2.05, 4.69) is 9.68 Å². The van der Waals surface area contributed by atoms with Crippen LogP contribution in [0.2, 0.25) is 0 Å². The number of aliphatic hydroxyl groups excluding tert-OH is 1. The third-order valence-electron chi connectivity index (χ3n) is 1.81. The second-order valence-electron chi connectivity index (χ2n) is 3.15. The SMILES string of the molecule is COCCOCOCC(CO)Oc1ccon1. The fraction of sp³-hybridized carbons (Fsp3) is 0.700. The summed E-state index contributed by atoms with van der Waals surface area (Å²) in [6.07, 6.45) is 0.893. The van der Waals surface area contributed by atoms with Crippen LogP contribution in [-0.2, 0) is 14.2 Å². The molecule has 98 valence electrons. The second-order valence-corrected chi connectivity index (χ2v) is 3.15. The highest BCUT2D eigenvalue weighted by atomic mass is 16.7. The highest BCUT2D eigenvalue weighted by molar-refractivity contribution is 5.02. The van der Waals surface area contributed by atoms with Gasteiger partial charge in [0.05, 0.1) is 26.4 Å². The van der Waals surface area contributed by atoms with Crippen LogP contribution >= 0.6 is 0 Å². The molecule has 1 rings (SSSR count). The molecule has 0 aromatic carbocycles. The zero-order chi connectivity index (χ0) is 12.3. The molecule has 0 aliphatic heterocycles. The van der Waals surface area contributed by atoms with E-state index in [1.165, 1.54) is 6.26 Å². The van der Waals surface area contributed by atoms with Crippen LogP contribution in [0, 0.1) is 0 Å². The van der Waals surface area contributed by atoms with Gasteiger partial charge in [-0.1, -0.05) is 0 Å². The summed E-state index contributed by atoms with van der Waals surface area (Å²) >= 11 is 0. The highest BCUT2D eigenvalue weighted by Gasteiger charge is 2.11. The number of aromatic nitrogens is 1. The van der Waals surface area contributed by atoms with E-state index in [0.717, 1.165) is 0 Å². The molecule has 0 aliphatic carbocycles. The minimum Gasteiger partial charge on any atom is -0.467 e. The molecule has 1 unspecified atom stereocenters. The Bertz CT molecular complexity index is 266. The molecule has 1 aromatic rings. The third-order valence-corrected chi connectivity index (χ3v) is 1.81. The molecule has 1 aromatic heterocycles. The van der Waals surface area contributed by atoms with Gasteiger partial charge in [-0.05, 0) is 5.16 Å². The van der Waals surface area contributed by atoms with Gasteiger partial charge in [0.15, 0.2) is 0 Å². The zero-order valence-corrected chi connectivity index (χ0v) is 9.70. The molecule has 0 aliphatic rings. The molecular weight excluding hydrogens is 230 g/mol. The molecule has 7 nitrogen and oxygen atoms in total. The molecule has 0 saturated carbocycles. The van der Waals surface area contributed by atoms with Gasteiger partial charge in [-0.15, -0.1) is 0 Å². The molecule has 0 amide bonds. The summed E-state index contributed by atoms with van der Waals surface area (Å²) in [7, 11) is 1.60. The van der Waals surface area contributed by atoms with E-state index in [1.807, 2.05) is 0 Å². The summed E-state index contributed by atoms with van der Waals surface area (Å²) in [6, 6.07) is 1.55. The Balaban J connectivity index is 2.06. The number of aliphatic hydroxyl groups is 1. The predicted octanol–water partition coefficient (Wildman–Crippen LogP) is 0.0514. The van der Waals surface area contributed by atoms with Crippen molar-refractivity contribution < 1.29 is 28.6 Å². The molecule has 17 heavy (non-hydrogen) atoms. The van der Waals surface area contributed by atoms with Gasteiger partial charge in [0.1, 0.15) is 19.2 Å². The van der Waals surface area contributed by atoms with Crippen LogP contribution in [-0.4, -0.2) is 56.7 Å². The van der Waals surface area contributed by atoms with Crippen molar-refractivity contribution in [3.63, 3.8) is 0 Å². The van der Waals surface area contributed by atoms with Crippen LogP contribution in [0.25, 0.3) is 0 Å². The molecule has 0 fully saturated rings. The number of hydrogen-bond acceptors (Lipinski definition) is 7. The maximum absolute atomic E-state index is 9.04. The Morgan fingerprint density at radius 1 is 1.41 bits per heavy atom. The lowest BCUT2D eigenvalue weighted by atomic mass is 10.4. The minimum atomic E-state index is -0.494. The highest BCUT2D eigenvalue weighted by Crippen LogP contribution is 2.07. The normalized spacial score (nSPS) is 12.6. The Hall–Kier alpha value is -1.15. The first-order valence-corrected chi connectivity index (χ1v) is 5.19. The van der Waals surface area contributed by atoms with Crippen LogP contribution in [0.4, 0.5) is 0 Å². The van der Waals surface area contributed by atoms with Gasteiger partial charge >= 0.3 is 0 Å². The molecule has 0 bridgehead atoms. The quantitative estimate of drug-likeness (QED) is 0.462. The summed E-state index contributed by atoms with van der Waals surface area (Å²) in [5.41, 5.74) is 0. The van der Waals surface area contributed by atoms with Gasteiger partial charge in [0.2, 0.25) is 0 Å². The van der Waals surface area contributed by atoms with Gasteiger partial charge < -0.3 is 28.6 Å². The van der Waals surface area contributed by atoms with Crippen molar-refractivity contribution >= 4 is 0 Å². The Morgan fingerprint density at radius 2 is 2.29 bits per heavy atom. The molecule has 1 atom stereocenters. The van der Waals surface area contributed by atoms with E-state index in [4.69, 9.17) is 24.1 Å². The Morgan fingerprint density at radius 3 is 2.94 bits per heavy atom. The maximum Gasteiger partial charge on any atom is 0.254 e. The van der Waals surface area contributed by atoms with Crippen LogP contribution in [0.1, 0.15) is 0 Å². The molecule has 1 N–H and O–H groups in total. The van der Waals surface area contributed by atoms with Crippen molar-refractivity contribution in [1.82, 2.24) is 5.16 Å². The smallest absolute Gasteiger partial charge is 0.254 e. The van der Waals surface area contributed by atoms with Crippen molar-refractivity contribution in [2.24, 2.45) is 0 Å². The number of nitrogens with zero attached hydrogens (tertiary/aromatic N) is 1. The van der Waals surface area contributed by atoms with E-state index < -0.39 is 6.10 Å². The van der Waals surface area contributed by atoms with E-state index in [-0.39, 0.29) is 20.0 Å². The number of methoxy groups -OCH3 is 1. The molecule has 0 radical (unpaired) electrons. The first kappa shape index (κ1) is 13.9. The number of ether oxygens (including phenoxy) is 4. The molecule has 7 heteroatoms. The van der Waals surface area contributed by atoms with Crippen LogP contribution < -0.4 is 4.74 Å². The first-order valence-electron chi connectivity index (χ1n) is 5.19. The first-order chi connectivity index (χ1) is 8.36. The Kier molecular flexibility index (Phi) is 7.32. The lowest BCUT2D eigenvalue weighted by Crippen LogP contribution is -2.27. The second kappa shape index (κ2) is 8.94. The summed E-state index contributed by atoms with van der Waals surface area (Å²) < 4.78 is 24.9. The monoisotopic (exact) mass is 247 g/mol. The van der Waals surface area contributed by atoms with Crippen molar-refractivity contribution in [3.8, 4) is 5.88 Å². The Labute approximate surface area is 99.2 Å². The lowest BCUT2D eigenvalue weighted by Gasteiger charge is -2.14. The van der Waals surface area contributed by atoms with E-state index in [1.54, 1.807) is 13.2 Å². The lowest BCUT2D eigenvalue weighted by molar-refractivity contribution is -0.0894. The van der Waals surface area contributed by atoms with E-state index >= 15 is 0 Å². The van der Waals surface area contributed by atoms with Crippen molar-refractivity contribution in [2.45, 2.75) is 6.10 Å². The standard InChI is InChI=1S/C10H17NO6/c1-13-4-5-14-8-15-7-9(6-12)17-10-2-3-16-11-10/h2-3,9,12H,4-8H2,1H3. The molecule has 0 saturated heterocycles. The minimum absolute atomic E-state index is 0.127. The third kappa shape index (κ3) is 6.22. The maximum atomic E-state index is 9.04. The van der Waals surface area contributed by atoms with Gasteiger partial charge in [0.25, 0.3) is 5.88 Å².